The van der Waals surface area contributed by atoms with Crippen molar-refractivity contribution in [2.75, 3.05) is 20.6 Å². The zero-order valence-corrected chi connectivity index (χ0v) is 11.0. The van der Waals surface area contributed by atoms with Crippen LogP contribution in [0.2, 0.25) is 0 Å². The van der Waals surface area contributed by atoms with Gasteiger partial charge in [0.05, 0.1) is 6.54 Å². The van der Waals surface area contributed by atoms with E-state index in [1.165, 1.54) is 32.1 Å². The third kappa shape index (κ3) is 2.10. The molecule has 3 nitrogen and oxygen atoms in total. The summed E-state index contributed by atoms with van der Waals surface area (Å²) in [4.78, 5) is 13.3. The predicted octanol–water partition coefficient (Wildman–Crippen LogP) is 1.49. The maximum absolute atomic E-state index is 11.6. The lowest BCUT2D eigenvalue weighted by atomic mass is 9.54. The molecule has 0 aliphatic heterocycles. The molecule has 0 saturated heterocycles. The normalized spacial score (nSPS) is 42.8. The lowest BCUT2D eigenvalue weighted by Gasteiger charge is -2.54. The first-order valence-electron chi connectivity index (χ1n) is 7.07. The summed E-state index contributed by atoms with van der Waals surface area (Å²) in [5.41, 5.74) is 0. The third-order valence-electron chi connectivity index (χ3n) is 5.21. The van der Waals surface area contributed by atoms with Gasteiger partial charge >= 0.3 is 0 Å². The van der Waals surface area contributed by atoms with Crippen molar-refractivity contribution in [2.24, 2.45) is 23.7 Å². The van der Waals surface area contributed by atoms with Gasteiger partial charge in [0.15, 0.2) is 0 Å². The number of hydrogen-bond donors (Lipinski definition) is 1. The van der Waals surface area contributed by atoms with Gasteiger partial charge in [0.1, 0.15) is 0 Å². The Hall–Kier alpha value is -0.570. The zero-order valence-electron chi connectivity index (χ0n) is 11.0. The van der Waals surface area contributed by atoms with Crippen molar-refractivity contribution >= 4 is 5.91 Å². The van der Waals surface area contributed by atoms with Gasteiger partial charge in [-0.2, -0.15) is 0 Å². The monoisotopic (exact) mass is 236 g/mol. The number of carbonyl (C=O) groups is 1. The Morgan fingerprint density at radius 3 is 2.06 bits per heavy atom. The molecule has 4 bridgehead atoms. The number of rotatable bonds is 3. The average Bonchev–Trinajstić information content (AvgIpc) is 2.26. The van der Waals surface area contributed by atoms with Gasteiger partial charge in [-0.25, -0.2) is 0 Å². The summed E-state index contributed by atoms with van der Waals surface area (Å²) >= 11 is 0. The molecule has 4 aliphatic carbocycles. The van der Waals surface area contributed by atoms with Crippen molar-refractivity contribution < 1.29 is 4.79 Å². The summed E-state index contributed by atoms with van der Waals surface area (Å²) in [6.45, 7) is 0.528. The molecule has 4 saturated carbocycles. The van der Waals surface area contributed by atoms with Crippen molar-refractivity contribution in [3.63, 3.8) is 0 Å². The molecule has 0 aromatic carbocycles. The van der Waals surface area contributed by atoms with Gasteiger partial charge in [0.2, 0.25) is 5.91 Å². The molecule has 0 heterocycles. The molecule has 17 heavy (non-hydrogen) atoms. The second-order valence-electron chi connectivity index (χ2n) is 6.63. The Kier molecular flexibility index (Phi) is 2.89. The van der Waals surface area contributed by atoms with Gasteiger partial charge in [0.25, 0.3) is 0 Å². The Morgan fingerprint density at radius 2 is 1.59 bits per heavy atom. The van der Waals surface area contributed by atoms with E-state index in [-0.39, 0.29) is 5.91 Å². The first kappa shape index (κ1) is 11.5. The summed E-state index contributed by atoms with van der Waals surface area (Å²) < 4.78 is 0. The summed E-state index contributed by atoms with van der Waals surface area (Å²) in [5, 5.41) is 3.55. The first-order chi connectivity index (χ1) is 8.13. The molecule has 0 unspecified atom stereocenters. The second kappa shape index (κ2) is 4.27. The average molecular weight is 236 g/mol. The Balaban J connectivity index is 1.59. The minimum atomic E-state index is 0.207. The third-order valence-corrected chi connectivity index (χ3v) is 5.21. The van der Waals surface area contributed by atoms with Crippen molar-refractivity contribution in [3.8, 4) is 0 Å². The summed E-state index contributed by atoms with van der Waals surface area (Å²) in [6, 6.07) is 0.631. The van der Waals surface area contributed by atoms with Crippen LogP contribution in [0.3, 0.4) is 0 Å². The van der Waals surface area contributed by atoms with Crippen LogP contribution in [0.1, 0.15) is 32.1 Å². The molecule has 0 atom stereocenters. The van der Waals surface area contributed by atoms with E-state index in [1.54, 1.807) is 4.90 Å². The van der Waals surface area contributed by atoms with Crippen LogP contribution in [-0.4, -0.2) is 37.5 Å². The topological polar surface area (TPSA) is 32.3 Å². The maximum atomic E-state index is 11.6. The minimum absolute atomic E-state index is 0.207. The minimum Gasteiger partial charge on any atom is -0.348 e. The predicted molar refractivity (Wildman–Crippen MR) is 67.5 cm³/mol. The van der Waals surface area contributed by atoms with E-state index >= 15 is 0 Å². The van der Waals surface area contributed by atoms with Crippen molar-refractivity contribution in [3.05, 3.63) is 0 Å². The van der Waals surface area contributed by atoms with E-state index in [1.807, 2.05) is 14.1 Å². The van der Waals surface area contributed by atoms with E-state index in [0.717, 1.165) is 23.7 Å². The largest absolute Gasteiger partial charge is 0.348 e. The summed E-state index contributed by atoms with van der Waals surface area (Å²) in [6.07, 6.45) is 7.17. The van der Waals surface area contributed by atoms with Crippen molar-refractivity contribution in [1.29, 1.82) is 0 Å². The van der Waals surface area contributed by atoms with Gasteiger partial charge < -0.3 is 10.2 Å². The zero-order chi connectivity index (χ0) is 12.0. The number of likely N-dealkylation sites (N-methyl/N-ethyl adjacent to an activating group) is 1. The highest BCUT2D eigenvalue weighted by Gasteiger charge is 2.47. The van der Waals surface area contributed by atoms with Gasteiger partial charge in [0, 0.05) is 20.1 Å². The van der Waals surface area contributed by atoms with E-state index in [0.29, 0.717) is 12.6 Å². The van der Waals surface area contributed by atoms with Gasteiger partial charge in [-0.15, -0.1) is 0 Å². The van der Waals surface area contributed by atoms with Crippen LogP contribution >= 0.6 is 0 Å². The molecule has 0 radical (unpaired) electrons. The lowest BCUT2D eigenvalue weighted by Crippen LogP contribution is -2.55. The number of nitrogens with one attached hydrogen (secondary N) is 1. The summed E-state index contributed by atoms with van der Waals surface area (Å²) in [5.74, 6) is 3.96. The van der Waals surface area contributed by atoms with Crippen LogP contribution < -0.4 is 5.32 Å². The SMILES string of the molecule is CN(C)C(=O)CNC1C2CC3CC(C2)CC1C3. The molecule has 4 rings (SSSR count). The molecule has 0 aromatic heterocycles. The van der Waals surface area contributed by atoms with Crippen LogP contribution in [0.15, 0.2) is 0 Å². The van der Waals surface area contributed by atoms with Crippen LogP contribution in [0.5, 0.6) is 0 Å². The van der Waals surface area contributed by atoms with E-state index in [9.17, 15) is 4.79 Å². The fourth-order valence-electron chi connectivity index (χ4n) is 4.62. The molecule has 0 spiro atoms. The molecule has 96 valence electrons. The Morgan fingerprint density at radius 1 is 1.06 bits per heavy atom. The molecule has 3 heteroatoms. The fraction of sp³-hybridized carbons (Fsp3) is 0.929. The molecule has 4 aliphatic rings. The van der Waals surface area contributed by atoms with E-state index in [4.69, 9.17) is 0 Å². The highest BCUT2D eigenvalue weighted by Crippen LogP contribution is 2.53. The van der Waals surface area contributed by atoms with Gasteiger partial charge in [-0.1, -0.05) is 0 Å². The van der Waals surface area contributed by atoms with E-state index < -0.39 is 0 Å². The van der Waals surface area contributed by atoms with Crippen molar-refractivity contribution in [1.82, 2.24) is 10.2 Å². The van der Waals surface area contributed by atoms with Crippen LogP contribution in [0.4, 0.5) is 0 Å². The fourth-order valence-corrected chi connectivity index (χ4v) is 4.62. The Labute approximate surface area is 104 Å². The standard InChI is InChI=1S/C14H24N2O/c1-16(2)13(17)8-15-14-11-4-9-3-10(6-11)7-12(14)5-9/h9-12,14-15H,3-8H2,1-2H3. The van der Waals surface area contributed by atoms with Crippen LogP contribution in [-0.2, 0) is 4.79 Å². The maximum Gasteiger partial charge on any atom is 0.236 e. The van der Waals surface area contributed by atoms with Crippen molar-refractivity contribution in [2.45, 2.75) is 38.1 Å². The molecule has 1 amide bonds. The Bertz CT molecular complexity index is 285. The van der Waals surface area contributed by atoms with Gasteiger partial charge in [-0.3, -0.25) is 4.79 Å². The summed E-state index contributed by atoms with van der Waals surface area (Å²) in [7, 11) is 3.67. The second-order valence-corrected chi connectivity index (χ2v) is 6.63. The van der Waals surface area contributed by atoms with Gasteiger partial charge in [-0.05, 0) is 55.8 Å². The lowest BCUT2D eigenvalue weighted by molar-refractivity contribution is -0.128. The number of hydrogen-bond acceptors (Lipinski definition) is 2. The molecular formula is C14H24N2O. The first-order valence-corrected chi connectivity index (χ1v) is 7.07. The van der Waals surface area contributed by atoms with Crippen LogP contribution in [0.25, 0.3) is 0 Å². The quantitative estimate of drug-likeness (QED) is 0.805. The number of nitrogens with zero attached hydrogens (tertiary/aromatic N) is 1. The van der Waals surface area contributed by atoms with Crippen LogP contribution in [0, 0.1) is 23.7 Å². The number of carbonyl (C=O) groups excluding carboxylic acids is 1. The molecule has 1 N–H and O–H groups in total. The molecule has 4 fully saturated rings. The molecular weight excluding hydrogens is 212 g/mol. The number of amides is 1. The van der Waals surface area contributed by atoms with E-state index in [2.05, 4.69) is 5.32 Å². The highest BCUT2D eigenvalue weighted by atomic mass is 16.2. The highest BCUT2D eigenvalue weighted by molar-refractivity contribution is 5.77. The smallest absolute Gasteiger partial charge is 0.236 e. The molecule has 0 aromatic rings.